The number of methoxy groups -OCH3 is 1. The first-order chi connectivity index (χ1) is 17.1. The lowest BCUT2D eigenvalue weighted by Crippen LogP contribution is -2.33. The van der Waals surface area contributed by atoms with Gasteiger partial charge in [-0.25, -0.2) is 0 Å². The molecule has 1 aromatic heterocycles. The minimum Gasteiger partial charge on any atom is -0.495 e. The number of thioether (sulfide) groups is 1. The first kappa shape index (κ1) is 26.7. The Balaban J connectivity index is 1.70. The Labute approximate surface area is 212 Å². The third kappa shape index (κ3) is 6.39. The Hall–Kier alpha value is -3.93. The van der Waals surface area contributed by atoms with Gasteiger partial charge in [0.1, 0.15) is 5.75 Å². The van der Waals surface area contributed by atoms with Crippen molar-refractivity contribution in [1.29, 1.82) is 0 Å². The molecule has 12 heteroatoms. The second kappa shape index (κ2) is 11.7. The average molecular weight is 513 g/mol. The number of nitro benzene ring substituents is 1. The highest BCUT2D eigenvalue weighted by Gasteiger charge is 2.26. The van der Waals surface area contributed by atoms with Gasteiger partial charge in [0, 0.05) is 24.7 Å². The lowest BCUT2D eigenvalue weighted by Gasteiger charge is -2.21. The summed E-state index contributed by atoms with van der Waals surface area (Å²) in [6, 6.07) is 10.5. The van der Waals surface area contributed by atoms with E-state index in [1.165, 1.54) is 36.0 Å². The zero-order valence-corrected chi connectivity index (χ0v) is 21.5. The molecule has 3 rings (SSSR count). The van der Waals surface area contributed by atoms with Gasteiger partial charge in [0.05, 0.1) is 29.5 Å². The van der Waals surface area contributed by atoms with Crippen molar-refractivity contribution >= 4 is 35.0 Å². The number of non-ortho nitro benzene ring substituents is 1. The number of hydrogen-bond donors (Lipinski definition) is 2. The molecule has 0 fully saturated rings. The topological polar surface area (TPSA) is 141 Å². The van der Waals surface area contributed by atoms with Gasteiger partial charge in [-0.2, -0.15) is 0 Å². The Bertz CT molecular complexity index is 1280. The molecule has 1 heterocycles. The van der Waals surface area contributed by atoms with E-state index in [0.29, 0.717) is 22.4 Å². The molecule has 0 aliphatic heterocycles. The van der Waals surface area contributed by atoms with Crippen LogP contribution in [0, 0.1) is 23.0 Å². The van der Waals surface area contributed by atoms with Crippen LogP contribution in [0.3, 0.4) is 0 Å². The van der Waals surface area contributed by atoms with Crippen LogP contribution in [-0.4, -0.2) is 44.4 Å². The number of hydrogen-bond acceptors (Lipinski definition) is 8. The van der Waals surface area contributed by atoms with E-state index in [-0.39, 0.29) is 28.8 Å². The fourth-order valence-electron chi connectivity index (χ4n) is 3.47. The first-order valence-corrected chi connectivity index (χ1v) is 12.1. The van der Waals surface area contributed by atoms with Gasteiger partial charge in [-0.1, -0.05) is 37.7 Å². The highest BCUT2D eigenvalue weighted by Crippen LogP contribution is 2.27. The fourth-order valence-corrected chi connectivity index (χ4v) is 4.19. The predicted octanol–water partition coefficient (Wildman–Crippen LogP) is 3.90. The largest absolute Gasteiger partial charge is 0.495 e. The predicted molar refractivity (Wildman–Crippen MR) is 136 cm³/mol. The molecular formula is C24H28N6O5S. The summed E-state index contributed by atoms with van der Waals surface area (Å²) in [5, 5.41) is 25.7. The molecular weight excluding hydrogens is 484 g/mol. The molecule has 0 unspecified atom stereocenters. The second-order valence-corrected chi connectivity index (χ2v) is 9.39. The summed E-state index contributed by atoms with van der Waals surface area (Å²) < 4.78 is 7.03. The number of anilines is 1. The van der Waals surface area contributed by atoms with Crippen LogP contribution < -0.4 is 15.4 Å². The van der Waals surface area contributed by atoms with Crippen LogP contribution in [0.15, 0.2) is 47.6 Å². The van der Waals surface area contributed by atoms with E-state index >= 15 is 0 Å². The molecule has 0 saturated heterocycles. The lowest BCUT2D eigenvalue weighted by atomic mass is 10.0. The van der Waals surface area contributed by atoms with Crippen molar-refractivity contribution in [2.75, 3.05) is 18.2 Å². The van der Waals surface area contributed by atoms with Crippen molar-refractivity contribution in [3.8, 4) is 5.75 Å². The Morgan fingerprint density at radius 1 is 1.19 bits per heavy atom. The van der Waals surface area contributed by atoms with E-state index in [1.807, 2.05) is 32.9 Å². The number of nitro groups is 1. The average Bonchev–Trinajstić information content (AvgIpc) is 3.20. The van der Waals surface area contributed by atoms with Gasteiger partial charge in [0.25, 0.3) is 11.6 Å². The second-order valence-electron chi connectivity index (χ2n) is 8.44. The molecule has 0 aliphatic rings. The molecule has 0 spiro atoms. The monoisotopic (exact) mass is 512 g/mol. The summed E-state index contributed by atoms with van der Waals surface area (Å²) >= 11 is 1.21. The summed E-state index contributed by atoms with van der Waals surface area (Å²) in [4.78, 5) is 35.9. The quantitative estimate of drug-likeness (QED) is 0.237. The van der Waals surface area contributed by atoms with Gasteiger partial charge in [-0.15, -0.1) is 10.2 Å². The number of benzene rings is 2. The molecule has 11 nitrogen and oxygen atoms in total. The molecule has 0 radical (unpaired) electrons. The van der Waals surface area contributed by atoms with Crippen molar-refractivity contribution < 1.29 is 19.2 Å². The highest BCUT2D eigenvalue weighted by atomic mass is 32.2. The molecule has 2 amide bonds. The smallest absolute Gasteiger partial charge is 0.270 e. The number of aromatic nitrogens is 3. The SMILES string of the molecule is COc1ccc(C)cc1NC(=O)CSc1nnc([C@H](NC(=O)c2cccc([N+](=O)[O-])c2)C(C)C)n1C. The van der Waals surface area contributed by atoms with Gasteiger partial charge in [-0.05, 0) is 36.6 Å². The number of carbonyl (C=O) groups excluding carboxylic acids is 2. The molecule has 0 bridgehead atoms. The lowest BCUT2D eigenvalue weighted by molar-refractivity contribution is -0.384. The van der Waals surface area contributed by atoms with Crippen LogP contribution in [0.25, 0.3) is 0 Å². The molecule has 0 saturated carbocycles. The Kier molecular flexibility index (Phi) is 8.64. The van der Waals surface area contributed by atoms with Gasteiger partial charge in [0.15, 0.2) is 11.0 Å². The molecule has 0 aliphatic carbocycles. The number of nitrogens with one attached hydrogen (secondary N) is 2. The molecule has 1 atom stereocenters. The zero-order valence-electron chi connectivity index (χ0n) is 20.6. The fraction of sp³-hybridized carbons (Fsp3) is 0.333. The number of carbonyl (C=O) groups is 2. The number of aryl methyl sites for hydroxylation is 1. The normalized spacial score (nSPS) is 11.7. The first-order valence-electron chi connectivity index (χ1n) is 11.1. The minimum absolute atomic E-state index is 0.0505. The van der Waals surface area contributed by atoms with Gasteiger partial charge in [0.2, 0.25) is 5.91 Å². The summed E-state index contributed by atoms with van der Waals surface area (Å²) in [6.45, 7) is 5.76. The Morgan fingerprint density at radius 3 is 2.61 bits per heavy atom. The maximum atomic E-state index is 12.8. The molecule has 36 heavy (non-hydrogen) atoms. The number of amides is 2. The summed E-state index contributed by atoms with van der Waals surface area (Å²) in [5.74, 6) is 0.431. The number of ether oxygens (including phenoxy) is 1. The zero-order chi connectivity index (χ0) is 26.4. The van der Waals surface area contributed by atoms with E-state index in [0.717, 1.165) is 5.56 Å². The third-order valence-corrected chi connectivity index (χ3v) is 6.40. The third-order valence-electron chi connectivity index (χ3n) is 5.38. The van der Waals surface area contributed by atoms with Crippen LogP contribution in [0.5, 0.6) is 5.75 Å². The summed E-state index contributed by atoms with van der Waals surface area (Å²) in [7, 11) is 3.30. The van der Waals surface area contributed by atoms with Crippen molar-refractivity contribution in [3.05, 3.63) is 69.5 Å². The maximum Gasteiger partial charge on any atom is 0.270 e. The van der Waals surface area contributed by atoms with E-state index < -0.39 is 16.9 Å². The molecule has 2 N–H and O–H groups in total. The van der Waals surface area contributed by atoms with Crippen LogP contribution in [0.2, 0.25) is 0 Å². The van der Waals surface area contributed by atoms with E-state index in [2.05, 4.69) is 20.8 Å². The van der Waals surface area contributed by atoms with Crippen LogP contribution in [-0.2, 0) is 11.8 Å². The van der Waals surface area contributed by atoms with Crippen LogP contribution in [0.1, 0.15) is 41.6 Å². The minimum atomic E-state index is -0.548. The maximum absolute atomic E-state index is 12.8. The summed E-state index contributed by atoms with van der Waals surface area (Å²) in [5.41, 5.74) is 1.59. The molecule has 190 valence electrons. The van der Waals surface area contributed by atoms with E-state index in [9.17, 15) is 19.7 Å². The van der Waals surface area contributed by atoms with Gasteiger partial charge < -0.3 is 19.9 Å². The van der Waals surface area contributed by atoms with Crippen molar-refractivity contribution in [3.63, 3.8) is 0 Å². The van der Waals surface area contributed by atoms with Gasteiger partial charge in [-0.3, -0.25) is 19.7 Å². The van der Waals surface area contributed by atoms with E-state index in [4.69, 9.17) is 4.74 Å². The van der Waals surface area contributed by atoms with Crippen molar-refractivity contribution in [2.45, 2.75) is 32.0 Å². The summed E-state index contributed by atoms with van der Waals surface area (Å²) in [6.07, 6.45) is 0. The van der Waals surface area contributed by atoms with Gasteiger partial charge >= 0.3 is 0 Å². The van der Waals surface area contributed by atoms with Crippen molar-refractivity contribution in [1.82, 2.24) is 20.1 Å². The highest BCUT2D eigenvalue weighted by molar-refractivity contribution is 7.99. The molecule has 3 aromatic rings. The van der Waals surface area contributed by atoms with E-state index in [1.54, 1.807) is 24.8 Å². The van der Waals surface area contributed by atoms with Crippen LogP contribution in [0.4, 0.5) is 11.4 Å². The molecule has 2 aromatic carbocycles. The Morgan fingerprint density at radius 2 is 1.94 bits per heavy atom. The van der Waals surface area contributed by atoms with Crippen LogP contribution >= 0.6 is 11.8 Å². The number of rotatable bonds is 10. The van der Waals surface area contributed by atoms with Crippen molar-refractivity contribution in [2.24, 2.45) is 13.0 Å². The standard InChI is InChI=1S/C24H28N6O5S/c1-14(2)21(26-23(32)16-7-6-8-17(12-16)30(33)34)22-27-28-24(29(22)4)36-13-20(31)25-18-11-15(3)9-10-19(18)35-5/h6-12,14,21H,13H2,1-5H3,(H,25,31)(H,26,32)/t21-/m1/s1. The number of nitrogens with zero attached hydrogens (tertiary/aromatic N) is 4.